The number of carbonyl (C=O) groups is 1. The normalized spacial score (nSPS) is 11.8. The van der Waals surface area contributed by atoms with Crippen molar-refractivity contribution in [3.63, 3.8) is 0 Å². The molecule has 1 aromatic carbocycles. The molecule has 0 saturated heterocycles. The molecule has 0 saturated carbocycles. The predicted octanol–water partition coefficient (Wildman–Crippen LogP) is 4.52. The number of hydrogen-bond acceptors (Lipinski definition) is 3. The number of carbonyl (C=O) groups excluding carboxylic acids is 1. The molecule has 0 atom stereocenters. The van der Waals surface area contributed by atoms with E-state index in [2.05, 4.69) is 0 Å². The Morgan fingerprint density at radius 2 is 2.28 bits per heavy atom. The van der Waals surface area contributed by atoms with Crippen LogP contribution in [0.25, 0.3) is 16.2 Å². The van der Waals surface area contributed by atoms with Gasteiger partial charge in [0, 0.05) is 25.6 Å². The highest BCUT2D eigenvalue weighted by molar-refractivity contribution is 7.20. The fourth-order valence-electron chi connectivity index (χ4n) is 1.63. The molecule has 18 heavy (non-hydrogen) atoms. The van der Waals surface area contributed by atoms with Gasteiger partial charge in [0.15, 0.2) is 0 Å². The van der Waals surface area contributed by atoms with Gasteiger partial charge in [-0.05, 0) is 38.1 Å². The molecular weight excluding hydrogens is 268 g/mol. The van der Waals surface area contributed by atoms with Crippen molar-refractivity contribution >= 4 is 45.1 Å². The number of rotatable bonds is 3. The van der Waals surface area contributed by atoms with E-state index in [9.17, 15) is 4.79 Å². The smallest absolute Gasteiger partial charge is 0.333 e. The first-order valence-electron chi connectivity index (χ1n) is 5.65. The zero-order valence-corrected chi connectivity index (χ0v) is 11.8. The molecule has 0 spiro atoms. The summed E-state index contributed by atoms with van der Waals surface area (Å²) < 4.78 is 6.06. The number of hydrogen-bond donors (Lipinski definition) is 0. The molecule has 1 heterocycles. The summed E-state index contributed by atoms with van der Waals surface area (Å²) in [5.41, 5.74) is 0.597. The van der Waals surface area contributed by atoms with Crippen molar-refractivity contribution in [2.75, 3.05) is 6.61 Å². The molecule has 0 amide bonds. The summed E-state index contributed by atoms with van der Waals surface area (Å²) in [6, 6.07) is 7.79. The minimum Gasteiger partial charge on any atom is -0.463 e. The lowest BCUT2D eigenvalue weighted by molar-refractivity contribution is -0.138. The van der Waals surface area contributed by atoms with Crippen LogP contribution in [0.4, 0.5) is 0 Å². The van der Waals surface area contributed by atoms with Crippen LogP contribution in [-0.2, 0) is 9.53 Å². The van der Waals surface area contributed by atoms with Crippen LogP contribution in [0.3, 0.4) is 0 Å². The maximum Gasteiger partial charge on any atom is 0.333 e. The van der Waals surface area contributed by atoms with Crippen LogP contribution in [0.2, 0.25) is 5.02 Å². The summed E-state index contributed by atoms with van der Waals surface area (Å²) in [7, 11) is 0. The zero-order valence-electron chi connectivity index (χ0n) is 10.2. The second kappa shape index (κ2) is 5.55. The molecule has 0 radical (unpaired) electrons. The van der Waals surface area contributed by atoms with Crippen molar-refractivity contribution in [3.05, 3.63) is 39.7 Å². The van der Waals surface area contributed by atoms with Gasteiger partial charge in [-0.3, -0.25) is 0 Å². The Labute approximate surface area is 115 Å². The molecule has 1 aromatic heterocycles. The van der Waals surface area contributed by atoms with Crippen molar-refractivity contribution in [2.45, 2.75) is 13.8 Å². The first kappa shape index (κ1) is 13.1. The van der Waals surface area contributed by atoms with Crippen molar-refractivity contribution in [1.82, 2.24) is 0 Å². The van der Waals surface area contributed by atoms with Crippen molar-refractivity contribution < 1.29 is 9.53 Å². The first-order valence-corrected chi connectivity index (χ1v) is 6.84. The largest absolute Gasteiger partial charge is 0.463 e. The van der Waals surface area contributed by atoms with E-state index >= 15 is 0 Å². The minimum absolute atomic E-state index is 0.277. The molecule has 2 aromatic rings. The Hall–Kier alpha value is -1.32. The van der Waals surface area contributed by atoms with Gasteiger partial charge in [-0.15, -0.1) is 11.3 Å². The maximum absolute atomic E-state index is 11.5. The van der Waals surface area contributed by atoms with Crippen LogP contribution in [0.1, 0.15) is 18.7 Å². The van der Waals surface area contributed by atoms with Crippen LogP contribution in [0, 0.1) is 0 Å². The molecular formula is C14H13ClO2S. The molecule has 0 N–H and O–H groups in total. The summed E-state index contributed by atoms with van der Waals surface area (Å²) in [5, 5.41) is 1.75. The van der Waals surface area contributed by atoms with Crippen LogP contribution in [0.15, 0.2) is 29.8 Å². The summed E-state index contributed by atoms with van der Waals surface area (Å²) in [6.07, 6.45) is 1.83. The number of fused-ring (bicyclic) bond motifs is 1. The molecule has 94 valence electrons. The van der Waals surface area contributed by atoms with E-state index in [-0.39, 0.29) is 5.97 Å². The Balaban J connectivity index is 2.35. The fraction of sp³-hybridized carbons (Fsp3) is 0.214. The first-order chi connectivity index (χ1) is 8.61. The van der Waals surface area contributed by atoms with Gasteiger partial charge in [0.05, 0.1) is 6.61 Å². The number of ether oxygens (including phenoxy) is 1. The van der Waals surface area contributed by atoms with E-state index < -0.39 is 0 Å². The van der Waals surface area contributed by atoms with Gasteiger partial charge in [-0.2, -0.15) is 0 Å². The number of thiophene rings is 1. The van der Waals surface area contributed by atoms with E-state index in [0.29, 0.717) is 12.2 Å². The monoisotopic (exact) mass is 280 g/mol. The van der Waals surface area contributed by atoms with E-state index in [1.165, 1.54) is 0 Å². The minimum atomic E-state index is -0.277. The van der Waals surface area contributed by atoms with E-state index in [1.807, 2.05) is 30.3 Å². The lowest BCUT2D eigenvalue weighted by Gasteiger charge is -1.99. The average Bonchev–Trinajstić information content (AvgIpc) is 2.73. The van der Waals surface area contributed by atoms with Gasteiger partial charge in [0.25, 0.3) is 0 Å². The summed E-state index contributed by atoms with van der Waals surface area (Å²) >= 11 is 7.72. The predicted molar refractivity (Wildman–Crippen MR) is 77.1 cm³/mol. The molecule has 0 fully saturated rings. The Morgan fingerprint density at radius 3 is 2.94 bits per heavy atom. The van der Waals surface area contributed by atoms with Gasteiger partial charge >= 0.3 is 5.97 Å². The second-order valence-corrected chi connectivity index (χ2v) is 5.37. The molecule has 2 nitrogen and oxygen atoms in total. The number of halogens is 1. The van der Waals surface area contributed by atoms with Gasteiger partial charge < -0.3 is 4.74 Å². The van der Waals surface area contributed by atoms with Gasteiger partial charge in [0.2, 0.25) is 0 Å². The van der Waals surface area contributed by atoms with Crippen molar-refractivity contribution in [3.8, 4) is 0 Å². The molecule has 0 unspecified atom stereocenters. The highest BCUT2D eigenvalue weighted by Gasteiger charge is 2.07. The molecule has 0 bridgehead atoms. The standard InChI is InChI=1S/C14H13ClO2S/c1-3-17-14(16)9(2)7-10-8-11-12(15)5-4-6-13(11)18-10/h4-8H,3H2,1-2H3/b9-7+. The van der Waals surface area contributed by atoms with Gasteiger partial charge in [-0.25, -0.2) is 4.79 Å². The second-order valence-electron chi connectivity index (χ2n) is 3.85. The summed E-state index contributed by atoms with van der Waals surface area (Å²) in [4.78, 5) is 12.5. The molecule has 4 heteroatoms. The molecule has 2 rings (SSSR count). The highest BCUT2D eigenvalue weighted by Crippen LogP contribution is 2.32. The van der Waals surface area contributed by atoms with Gasteiger partial charge in [-0.1, -0.05) is 17.7 Å². The fourth-order valence-corrected chi connectivity index (χ4v) is 3.01. The maximum atomic E-state index is 11.5. The number of benzene rings is 1. The van der Waals surface area contributed by atoms with Crippen molar-refractivity contribution in [1.29, 1.82) is 0 Å². The summed E-state index contributed by atoms with van der Waals surface area (Å²) in [5.74, 6) is -0.277. The average molecular weight is 281 g/mol. The van der Waals surface area contributed by atoms with Crippen LogP contribution in [0.5, 0.6) is 0 Å². The number of esters is 1. The molecule has 0 aliphatic heterocycles. The third-order valence-electron chi connectivity index (χ3n) is 2.48. The van der Waals surface area contributed by atoms with Crippen LogP contribution in [-0.4, -0.2) is 12.6 Å². The third-order valence-corrected chi connectivity index (χ3v) is 3.86. The zero-order chi connectivity index (χ0) is 13.1. The Bertz CT molecular complexity index is 613. The molecule has 0 aliphatic carbocycles. The van der Waals surface area contributed by atoms with E-state index in [4.69, 9.17) is 16.3 Å². The SMILES string of the molecule is CCOC(=O)/C(C)=C/c1cc2c(Cl)cccc2s1. The lowest BCUT2D eigenvalue weighted by atomic mass is 10.2. The van der Waals surface area contributed by atoms with Crippen LogP contribution >= 0.6 is 22.9 Å². The quantitative estimate of drug-likeness (QED) is 0.610. The lowest BCUT2D eigenvalue weighted by Crippen LogP contribution is -2.04. The Kier molecular flexibility index (Phi) is 4.04. The van der Waals surface area contributed by atoms with E-state index in [0.717, 1.165) is 20.0 Å². The van der Waals surface area contributed by atoms with Crippen LogP contribution < -0.4 is 0 Å². The third kappa shape index (κ3) is 2.74. The topological polar surface area (TPSA) is 26.3 Å². The molecule has 0 aliphatic rings. The summed E-state index contributed by atoms with van der Waals surface area (Å²) in [6.45, 7) is 3.94. The highest BCUT2D eigenvalue weighted by atomic mass is 35.5. The Morgan fingerprint density at radius 1 is 1.50 bits per heavy atom. The van der Waals surface area contributed by atoms with Crippen molar-refractivity contribution in [2.24, 2.45) is 0 Å². The van der Waals surface area contributed by atoms with E-state index in [1.54, 1.807) is 25.2 Å². The van der Waals surface area contributed by atoms with Gasteiger partial charge in [0.1, 0.15) is 0 Å².